The van der Waals surface area contributed by atoms with Gasteiger partial charge in [-0.1, -0.05) is 23.7 Å². The third-order valence-corrected chi connectivity index (χ3v) is 3.59. The molecule has 84 valence electrons. The van der Waals surface area contributed by atoms with Crippen LogP contribution in [-0.4, -0.2) is 9.78 Å². The van der Waals surface area contributed by atoms with Crippen molar-refractivity contribution in [1.82, 2.24) is 9.78 Å². The molecule has 0 fully saturated rings. The summed E-state index contributed by atoms with van der Waals surface area (Å²) in [5.41, 5.74) is 7.07. The quantitative estimate of drug-likeness (QED) is 0.847. The highest BCUT2D eigenvalue weighted by Crippen LogP contribution is 2.24. The molecule has 1 heterocycles. The number of anilines is 1. The molecule has 16 heavy (non-hydrogen) atoms. The predicted octanol–water partition coefficient (Wildman–Crippen LogP) is 3.33. The van der Waals surface area contributed by atoms with Gasteiger partial charge in [0.2, 0.25) is 0 Å². The van der Waals surface area contributed by atoms with Gasteiger partial charge in [-0.05, 0) is 47.2 Å². The number of aromatic nitrogens is 2. The van der Waals surface area contributed by atoms with E-state index in [0.29, 0.717) is 5.82 Å². The van der Waals surface area contributed by atoms with Crippen LogP contribution in [0.1, 0.15) is 18.5 Å². The largest absolute Gasteiger partial charge is 0.383 e. The lowest BCUT2D eigenvalue weighted by Gasteiger charge is -2.14. The zero-order chi connectivity index (χ0) is 11.7. The molecular weight excluding hydrogens is 336 g/mol. The molecule has 0 aliphatic carbocycles. The van der Waals surface area contributed by atoms with Crippen molar-refractivity contribution in [3.05, 3.63) is 44.6 Å². The third kappa shape index (κ3) is 2.17. The number of rotatable bonds is 2. The van der Waals surface area contributed by atoms with E-state index < -0.39 is 0 Å². The van der Waals surface area contributed by atoms with Gasteiger partial charge in [0.05, 0.1) is 15.8 Å². The summed E-state index contributed by atoms with van der Waals surface area (Å²) in [4.78, 5) is 0. The Balaban J connectivity index is 2.35. The van der Waals surface area contributed by atoms with Gasteiger partial charge in [-0.25, -0.2) is 4.68 Å². The maximum Gasteiger partial charge on any atom is 0.135 e. The van der Waals surface area contributed by atoms with Crippen LogP contribution in [0.3, 0.4) is 0 Å². The van der Waals surface area contributed by atoms with Crippen molar-refractivity contribution in [3.63, 3.8) is 0 Å². The minimum absolute atomic E-state index is 0.112. The summed E-state index contributed by atoms with van der Waals surface area (Å²) in [5, 5.41) is 5.00. The summed E-state index contributed by atoms with van der Waals surface area (Å²) in [5.74, 6) is 0.697. The van der Waals surface area contributed by atoms with Gasteiger partial charge in [-0.3, -0.25) is 0 Å². The van der Waals surface area contributed by atoms with Gasteiger partial charge in [0.25, 0.3) is 0 Å². The van der Waals surface area contributed by atoms with Gasteiger partial charge >= 0.3 is 0 Å². The lowest BCUT2D eigenvalue weighted by atomic mass is 10.1. The second-order valence-electron chi connectivity index (χ2n) is 3.55. The minimum Gasteiger partial charge on any atom is -0.383 e. The van der Waals surface area contributed by atoms with Crippen LogP contribution in [-0.2, 0) is 0 Å². The molecule has 1 aromatic heterocycles. The molecule has 0 radical (unpaired) electrons. The van der Waals surface area contributed by atoms with Crippen LogP contribution in [0, 0.1) is 3.57 Å². The Bertz CT molecular complexity index is 492. The molecule has 1 atom stereocenters. The molecule has 2 rings (SSSR count). The molecule has 0 saturated heterocycles. The van der Waals surface area contributed by atoms with Crippen LogP contribution in [0.4, 0.5) is 5.82 Å². The minimum atomic E-state index is 0.112. The Labute approximate surface area is 113 Å². The van der Waals surface area contributed by atoms with Crippen molar-refractivity contribution < 1.29 is 0 Å². The molecule has 1 unspecified atom stereocenters. The van der Waals surface area contributed by atoms with Crippen molar-refractivity contribution in [1.29, 1.82) is 0 Å². The van der Waals surface area contributed by atoms with Gasteiger partial charge in [0.1, 0.15) is 5.82 Å². The summed E-state index contributed by atoms with van der Waals surface area (Å²) < 4.78 is 2.78. The lowest BCUT2D eigenvalue weighted by Crippen LogP contribution is -2.11. The Morgan fingerprint density at radius 3 is 2.50 bits per heavy atom. The zero-order valence-corrected chi connectivity index (χ0v) is 11.6. The lowest BCUT2D eigenvalue weighted by molar-refractivity contribution is 0.573. The fraction of sp³-hybridized carbons (Fsp3) is 0.182. The second-order valence-corrected chi connectivity index (χ2v) is 5.15. The van der Waals surface area contributed by atoms with Gasteiger partial charge < -0.3 is 5.73 Å². The van der Waals surface area contributed by atoms with Gasteiger partial charge in [-0.15, -0.1) is 0 Å². The Morgan fingerprint density at radius 1 is 1.38 bits per heavy atom. The number of nitrogens with zero attached hydrogens (tertiary/aromatic N) is 2. The highest BCUT2D eigenvalue weighted by atomic mass is 127. The fourth-order valence-corrected chi connectivity index (χ4v) is 2.04. The molecule has 1 aromatic carbocycles. The first kappa shape index (κ1) is 11.7. The van der Waals surface area contributed by atoms with E-state index in [1.807, 2.05) is 28.9 Å². The molecule has 0 aliphatic rings. The van der Waals surface area contributed by atoms with E-state index in [1.165, 1.54) is 0 Å². The van der Waals surface area contributed by atoms with Gasteiger partial charge in [0, 0.05) is 5.02 Å². The fourth-order valence-electron chi connectivity index (χ4n) is 1.54. The van der Waals surface area contributed by atoms with Gasteiger partial charge in [0.15, 0.2) is 0 Å². The summed E-state index contributed by atoms with van der Waals surface area (Å²) >= 11 is 8.02. The van der Waals surface area contributed by atoms with Crippen LogP contribution in [0.15, 0.2) is 30.5 Å². The average Bonchev–Trinajstić information content (AvgIpc) is 2.60. The maximum absolute atomic E-state index is 5.94. The highest BCUT2D eigenvalue weighted by molar-refractivity contribution is 14.1. The molecule has 0 amide bonds. The van der Waals surface area contributed by atoms with Crippen molar-refractivity contribution >= 4 is 40.0 Å². The summed E-state index contributed by atoms with van der Waals surface area (Å²) in [6.45, 7) is 2.06. The molecule has 2 N–H and O–H groups in total. The van der Waals surface area contributed by atoms with E-state index in [0.717, 1.165) is 14.2 Å². The van der Waals surface area contributed by atoms with E-state index in [9.17, 15) is 0 Å². The van der Waals surface area contributed by atoms with E-state index in [1.54, 1.807) is 6.20 Å². The van der Waals surface area contributed by atoms with Crippen LogP contribution in [0.5, 0.6) is 0 Å². The summed E-state index contributed by atoms with van der Waals surface area (Å²) in [6.07, 6.45) is 1.77. The SMILES string of the molecule is CC(c1ccc(Cl)cc1)n1ncc(I)c1N. The number of halogens is 2. The Hall–Kier alpha value is -0.750. The van der Waals surface area contributed by atoms with Crippen molar-refractivity contribution in [2.75, 3.05) is 5.73 Å². The average molecular weight is 348 g/mol. The molecular formula is C11H11ClIN3. The first-order valence-corrected chi connectivity index (χ1v) is 6.29. The second kappa shape index (κ2) is 4.63. The predicted molar refractivity (Wildman–Crippen MR) is 74.6 cm³/mol. The zero-order valence-electron chi connectivity index (χ0n) is 8.69. The summed E-state index contributed by atoms with van der Waals surface area (Å²) in [7, 11) is 0. The number of benzene rings is 1. The molecule has 3 nitrogen and oxygen atoms in total. The normalized spacial score (nSPS) is 12.7. The van der Waals surface area contributed by atoms with Crippen molar-refractivity contribution in [2.24, 2.45) is 0 Å². The number of hydrogen-bond acceptors (Lipinski definition) is 2. The first-order chi connectivity index (χ1) is 7.59. The molecule has 0 spiro atoms. The molecule has 5 heteroatoms. The van der Waals surface area contributed by atoms with E-state index in [2.05, 4.69) is 34.6 Å². The number of hydrogen-bond donors (Lipinski definition) is 1. The Kier molecular flexibility index (Phi) is 3.39. The molecule has 0 bridgehead atoms. The van der Waals surface area contributed by atoms with Crippen LogP contribution >= 0.6 is 34.2 Å². The van der Waals surface area contributed by atoms with Gasteiger partial charge in [-0.2, -0.15) is 5.10 Å². The van der Waals surface area contributed by atoms with Crippen LogP contribution < -0.4 is 5.73 Å². The third-order valence-electron chi connectivity index (χ3n) is 2.51. The van der Waals surface area contributed by atoms with Crippen molar-refractivity contribution in [2.45, 2.75) is 13.0 Å². The molecule has 2 aromatic rings. The molecule has 0 aliphatic heterocycles. The smallest absolute Gasteiger partial charge is 0.135 e. The topological polar surface area (TPSA) is 43.8 Å². The van der Waals surface area contributed by atoms with Crippen LogP contribution in [0.2, 0.25) is 5.02 Å². The van der Waals surface area contributed by atoms with E-state index >= 15 is 0 Å². The molecule has 0 saturated carbocycles. The Morgan fingerprint density at radius 2 is 2.00 bits per heavy atom. The maximum atomic E-state index is 5.94. The number of nitrogens with two attached hydrogens (primary N) is 1. The summed E-state index contributed by atoms with van der Waals surface area (Å²) in [6, 6.07) is 7.83. The van der Waals surface area contributed by atoms with Crippen molar-refractivity contribution in [3.8, 4) is 0 Å². The van der Waals surface area contributed by atoms with Crippen LogP contribution in [0.25, 0.3) is 0 Å². The standard InChI is InChI=1S/C11H11ClIN3/c1-7(8-2-4-9(12)5-3-8)16-11(14)10(13)6-15-16/h2-7H,14H2,1H3. The van der Waals surface area contributed by atoms with E-state index in [-0.39, 0.29) is 6.04 Å². The monoisotopic (exact) mass is 347 g/mol. The van der Waals surface area contributed by atoms with E-state index in [4.69, 9.17) is 17.3 Å². The first-order valence-electron chi connectivity index (χ1n) is 4.83. The number of nitrogen functional groups attached to an aromatic ring is 1. The highest BCUT2D eigenvalue weighted by Gasteiger charge is 2.13.